The van der Waals surface area contributed by atoms with Gasteiger partial charge in [0.1, 0.15) is 11.5 Å². The van der Waals surface area contributed by atoms with E-state index in [1.54, 1.807) is 21.5 Å². The summed E-state index contributed by atoms with van der Waals surface area (Å²) >= 11 is 0. The maximum atomic E-state index is 12.6. The molecule has 1 aromatic rings. The Morgan fingerprint density at radius 2 is 1.92 bits per heavy atom. The Labute approximate surface area is 144 Å². The molecule has 134 valence electrons. The van der Waals surface area contributed by atoms with Crippen LogP contribution in [-0.2, 0) is 17.8 Å². The molecule has 9 nitrogen and oxygen atoms in total. The molecule has 3 rings (SSSR count). The molecule has 0 saturated carbocycles. The number of ether oxygens (including phenoxy) is 1. The minimum absolute atomic E-state index is 0.0707. The van der Waals surface area contributed by atoms with E-state index in [1.165, 1.54) is 7.11 Å². The molecule has 0 atom stereocenters. The van der Waals surface area contributed by atoms with E-state index in [4.69, 9.17) is 21.3 Å². The average molecular weight is 346 g/mol. The van der Waals surface area contributed by atoms with E-state index in [1.807, 2.05) is 0 Å². The molecule has 5 N–H and O–H groups in total. The van der Waals surface area contributed by atoms with Crippen molar-refractivity contribution in [3.05, 3.63) is 34.0 Å². The third kappa shape index (κ3) is 3.10. The van der Waals surface area contributed by atoms with Gasteiger partial charge in [-0.1, -0.05) is 0 Å². The summed E-state index contributed by atoms with van der Waals surface area (Å²) in [7, 11) is 1.51. The molecule has 1 aromatic heterocycles. The lowest BCUT2D eigenvalue weighted by Gasteiger charge is -2.17. The second-order valence-corrected chi connectivity index (χ2v) is 5.79. The van der Waals surface area contributed by atoms with Crippen LogP contribution in [-0.4, -0.2) is 46.2 Å². The number of hydrogen-bond donors (Lipinski definition) is 3. The van der Waals surface area contributed by atoms with Crippen molar-refractivity contribution in [2.24, 2.45) is 15.7 Å². The van der Waals surface area contributed by atoms with Crippen molar-refractivity contribution >= 4 is 22.9 Å². The van der Waals surface area contributed by atoms with Crippen LogP contribution in [0.1, 0.15) is 12.8 Å². The summed E-state index contributed by atoms with van der Waals surface area (Å²) in [6, 6.07) is 0. The summed E-state index contributed by atoms with van der Waals surface area (Å²) < 4.78 is 8.69. The zero-order valence-electron chi connectivity index (χ0n) is 14.1. The highest BCUT2D eigenvalue weighted by atomic mass is 16.5. The number of nitrogen functional groups attached to an aromatic ring is 1. The molecular weight excluding hydrogens is 324 g/mol. The lowest BCUT2D eigenvalue weighted by atomic mass is 10.1. The summed E-state index contributed by atoms with van der Waals surface area (Å²) in [6.07, 6.45) is 5.15. The number of aliphatic hydroxyl groups excluding tert-OH is 1. The molecule has 25 heavy (non-hydrogen) atoms. The Kier molecular flexibility index (Phi) is 4.75. The van der Waals surface area contributed by atoms with Crippen LogP contribution in [0.15, 0.2) is 38.4 Å². The molecule has 9 heteroatoms. The van der Waals surface area contributed by atoms with E-state index in [-0.39, 0.29) is 24.4 Å². The largest absolute Gasteiger partial charge is 0.494 e. The van der Waals surface area contributed by atoms with E-state index in [0.29, 0.717) is 41.8 Å². The van der Waals surface area contributed by atoms with Crippen LogP contribution < -0.4 is 17.0 Å². The van der Waals surface area contributed by atoms with Crippen molar-refractivity contribution in [1.82, 2.24) is 9.36 Å². The van der Waals surface area contributed by atoms with Gasteiger partial charge in [0.15, 0.2) is 11.5 Å². The highest BCUT2D eigenvalue weighted by Crippen LogP contribution is 2.24. The van der Waals surface area contributed by atoms with Crippen LogP contribution in [0, 0.1) is 0 Å². The van der Waals surface area contributed by atoms with E-state index >= 15 is 0 Å². The van der Waals surface area contributed by atoms with Crippen molar-refractivity contribution in [1.29, 1.82) is 0 Å². The number of methoxy groups -OCH3 is 1. The van der Waals surface area contributed by atoms with Crippen LogP contribution >= 0.6 is 0 Å². The Hall–Kier alpha value is -2.81. The molecule has 0 saturated heterocycles. The molecule has 0 unspecified atom stereocenters. The molecule has 0 fully saturated rings. The van der Waals surface area contributed by atoms with Crippen LogP contribution in [0.25, 0.3) is 0 Å². The quantitative estimate of drug-likeness (QED) is 0.656. The summed E-state index contributed by atoms with van der Waals surface area (Å²) in [4.78, 5) is 21.2. The first-order valence-electron chi connectivity index (χ1n) is 8.13. The normalized spacial score (nSPS) is 20.4. The number of allylic oxidation sites excluding steroid dienone is 2. The van der Waals surface area contributed by atoms with Gasteiger partial charge in [0.05, 0.1) is 31.7 Å². The predicted octanol–water partition coefficient (Wildman–Crippen LogP) is -0.0819. The van der Waals surface area contributed by atoms with Crippen molar-refractivity contribution in [3.8, 4) is 0 Å². The van der Waals surface area contributed by atoms with Crippen LogP contribution in [0.5, 0.6) is 0 Å². The van der Waals surface area contributed by atoms with Gasteiger partial charge in [-0.15, -0.1) is 0 Å². The van der Waals surface area contributed by atoms with Gasteiger partial charge in [0, 0.05) is 19.2 Å². The molecule has 0 spiro atoms. The number of rotatable bonds is 4. The number of hydrogen-bond acceptors (Lipinski definition) is 7. The minimum Gasteiger partial charge on any atom is -0.494 e. The van der Waals surface area contributed by atoms with E-state index < -0.39 is 0 Å². The number of nitrogens with two attached hydrogens (primary N) is 2. The molecule has 0 aromatic carbocycles. The summed E-state index contributed by atoms with van der Waals surface area (Å²) in [5, 5.41) is 8.91. The van der Waals surface area contributed by atoms with Crippen molar-refractivity contribution in [3.63, 3.8) is 0 Å². The highest BCUT2D eigenvalue weighted by molar-refractivity contribution is 6.23. The SMILES string of the molecule is COC1=CC(=Nc2c(N)n3n(c2=O)CCCC3)C(N)=CC1=NCCO. The number of aromatic nitrogens is 2. The molecule has 0 radical (unpaired) electrons. The Morgan fingerprint density at radius 3 is 2.56 bits per heavy atom. The Morgan fingerprint density at radius 1 is 1.20 bits per heavy atom. The average Bonchev–Trinajstić information content (AvgIpc) is 2.87. The fourth-order valence-corrected chi connectivity index (χ4v) is 2.93. The Balaban J connectivity index is 2.04. The smallest absolute Gasteiger partial charge is 0.294 e. The standard InChI is InChI=1S/C16H22N6O3/c1-25-13-9-11(10(17)8-12(13)19-4-7-23)20-14-15(18)21-5-2-3-6-22(21)16(14)24/h8-9,23H,2-7,17-18H2,1H3. The molecule has 0 bridgehead atoms. The van der Waals surface area contributed by atoms with Crippen LogP contribution in [0.3, 0.4) is 0 Å². The van der Waals surface area contributed by atoms with E-state index in [2.05, 4.69) is 9.98 Å². The summed E-state index contributed by atoms with van der Waals surface area (Å²) in [6.45, 7) is 1.51. The summed E-state index contributed by atoms with van der Waals surface area (Å²) in [5.41, 5.74) is 13.4. The molecular formula is C16H22N6O3. The first kappa shape index (κ1) is 17.0. The van der Waals surface area contributed by atoms with Gasteiger partial charge in [-0.05, 0) is 18.9 Å². The third-order valence-corrected chi connectivity index (χ3v) is 4.18. The lowest BCUT2D eigenvalue weighted by molar-refractivity contribution is 0.304. The van der Waals surface area contributed by atoms with Crippen molar-refractivity contribution in [2.45, 2.75) is 25.9 Å². The fraction of sp³-hybridized carbons (Fsp3) is 0.438. The van der Waals surface area contributed by atoms with Gasteiger partial charge in [0.2, 0.25) is 0 Å². The maximum Gasteiger partial charge on any atom is 0.294 e. The van der Waals surface area contributed by atoms with Crippen LogP contribution in [0.2, 0.25) is 0 Å². The maximum absolute atomic E-state index is 12.6. The number of nitrogens with zero attached hydrogens (tertiary/aromatic N) is 4. The first-order valence-corrected chi connectivity index (χ1v) is 8.13. The third-order valence-electron chi connectivity index (χ3n) is 4.18. The van der Waals surface area contributed by atoms with Gasteiger partial charge in [-0.3, -0.25) is 14.5 Å². The van der Waals surface area contributed by atoms with Gasteiger partial charge in [0.25, 0.3) is 5.56 Å². The van der Waals surface area contributed by atoms with Crippen molar-refractivity contribution < 1.29 is 9.84 Å². The van der Waals surface area contributed by atoms with Gasteiger partial charge in [-0.2, -0.15) is 0 Å². The van der Waals surface area contributed by atoms with E-state index in [0.717, 1.165) is 12.8 Å². The summed E-state index contributed by atoms with van der Waals surface area (Å²) in [5.74, 6) is 0.807. The van der Waals surface area contributed by atoms with Gasteiger partial charge >= 0.3 is 0 Å². The second kappa shape index (κ2) is 6.98. The number of anilines is 1. The molecule has 1 aliphatic heterocycles. The molecule has 0 amide bonds. The first-order chi connectivity index (χ1) is 12.1. The fourth-order valence-electron chi connectivity index (χ4n) is 2.93. The van der Waals surface area contributed by atoms with Gasteiger partial charge < -0.3 is 21.3 Å². The Bertz CT molecular complexity index is 856. The highest BCUT2D eigenvalue weighted by Gasteiger charge is 2.22. The number of fused-ring (bicyclic) bond motifs is 1. The van der Waals surface area contributed by atoms with E-state index in [9.17, 15) is 4.79 Å². The van der Waals surface area contributed by atoms with Gasteiger partial charge in [-0.25, -0.2) is 9.67 Å². The number of aliphatic hydroxyl groups is 1. The van der Waals surface area contributed by atoms with Crippen LogP contribution in [0.4, 0.5) is 11.5 Å². The zero-order valence-corrected chi connectivity index (χ0v) is 14.1. The molecule has 2 heterocycles. The predicted molar refractivity (Wildman–Crippen MR) is 96.2 cm³/mol. The minimum atomic E-state index is -0.218. The zero-order chi connectivity index (χ0) is 18.0. The number of aliphatic imine (C=N–C) groups is 2. The van der Waals surface area contributed by atoms with Crippen molar-refractivity contribution in [2.75, 3.05) is 26.0 Å². The monoisotopic (exact) mass is 346 g/mol. The molecule has 1 aliphatic carbocycles. The topological polar surface area (TPSA) is 133 Å². The molecule has 2 aliphatic rings. The second-order valence-electron chi connectivity index (χ2n) is 5.79. The lowest BCUT2D eigenvalue weighted by Crippen LogP contribution is -2.27.